The molecule has 46 heavy (non-hydrogen) atoms. The summed E-state index contributed by atoms with van der Waals surface area (Å²) >= 11 is 0. The number of nitriles is 1. The SMILES string of the molecule is CCCCNC(=O)c1ccc(C(F)(F)F)c(-n2nc(CCCC)c(Cc3ccc(-c4ccccc4S(N)(=O)=O)cc3F)c2C#N)c1. The number of rotatable bonds is 12. The maximum atomic E-state index is 15.6. The molecule has 242 valence electrons. The molecular weight excluding hydrogens is 622 g/mol. The van der Waals surface area contributed by atoms with E-state index in [4.69, 9.17) is 5.14 Å². The number of nitrogens with one attached hydrogen (secondary N) is 1. The monoisotopic (exact) mass is 655 g/mol. The first kappa shape index (κ1) is 34.3. The highest BCUT2D eigenvalue weighted by molar-refractivity contribution is 7.89. The summed E-state index contributed by atoms with van der Waals surface area (Å²) in [7, 11) is -4.10. The smallest absolute Gasteiger partial charge is 0.352 e. The number of hydrogen-bond acceptors (Lipinski definition) is 5. The topological polar surface area (TPSA) is 131 Å². The van der Waals surface area contributed by atoms with Crippen LogP contribution in [0, 0.1) is 17.1 Å². The summed E-state index contributed by atoms with van der Waals surface area (Å²) in [6, 6.07) is 14.8. The van der Waals surface area contributed by atoms with E-state index < -0.39 is 39.2 Å². The van der Waals surface area contributed by atoms with Gasteiger partial charge in [-0.15, -0.1) is 0 Å². The maximum Gasteiger partial charge on any atom is 0.418 e. The van der Waals surface area contributed by atoms with Crippen LogP contribution in [-0.4, -0.2) is 30.7 Å². The molecule has 0 bridgehead atoms. The van der Waals surface area contributed by atoms with Crippen molar-refractivity contribution >= 4 is 15.9 Å². The fourth-order valence-electron chi connectivity index (χ4n) is 5.09. The second-order valence-electron chi connectivity index (χ2n) is 10.8. The van der Waals surface area contributed by atoms with Crippen molar-refractivity contribution in [2.75, 3.05) is 6.54 Å². The van der Waals surface area contributed by atoms with E-state index in [1.54, 1.807) is 6.07 Å². The predicted octanol–water partition coefficient (Wildman–Crippen LogP) is 6.68. The molecule has 13 heteroatoms. The quantitative estimate of drug-likeness (QED) is 0.130. The lowest BCUT2D eigenvalue weighted by Crippen LogP contribution is -2.25. The molecule has 1 amide bonds. The molecular formula is C33H33F4N5O3S. The second-order valence-corrected chi connectivity index (χ2v) is 12.3. The van der Waals surface area contributed by atoms with Crippen LogP contribution in [0.1, 0.15) is 78.0 Å². The Morgan fingerprint density at radius 1 is 1.04 bits per heavy atom. The number of hydrogen-bond donors (Lipinski definition) is 2. The summed E-state index contributed by atoms with van der Waals surface area (Å²) in [6.45, 7) is 4.20. The molecule has 0 saturated carbocycles. The zero-order chi connectivity index (χ0) is 33.6. The Morgan fingerprint density at radius 2 is 1.76 bits per heavy atom. The van der Waals surface area contributed by atoms with E-state index >= 15 is 4.39 Å². The van der Waals surface area contributed by atoms with Crippen molar-refractivity contribution in [3.63, 3.8) is 0 Å². The summed E-state index contributed by atoms with van der Waals surface area (Å²) in [5, 5.41) is 22.7. The lowest BCUT2D eigenvalue weighted by atomic mass is 9.97. The molecule has 0 atom stereocenters. The Hall–Kier alpha value is -4.54. The van der Waals surface area contributed by atoms with Crippen LogP contribution in [0.25, 0.3) is 16.8 Å². The number of carbonyl (C=O) groups excluding carboxylic acids is 1. The maximum absolute atomic E-state index is 15.6. The second kappa shape index (κ2) is 14.3. The molecule has 4 aromatic rings. The first-order valence-electron chi connectivity index (χ1n) is 14.7. The highest BCUT2D eigenvalue weighted by atomic mass is 32.2. The minimum Gasteiger partial charge on any atom is -0.352 e. The van der Waals surface area contributed by atoms with Crippen LogP contribution in [-0.2, 0) is 29.0 Å². The zero-order valence-electron chi connectivity index (χ0n) is 25.3. The highest BCUT2D eigenvalue weighted by Gasteiger charge is 2.36. The van der Waals surface area contributed by atoms with Gasteiger partial charge >= 0.3 is 6.18 Å². The number of sulfonamides is 1. The van der Waals surface area contributed by atoms with Gasteiger partial charge in [0.15, 0.2) is 0 Å². The van der Waals surface area contributed by atoms with Crippen molar-refractivity contribution in [1.29, 1.82) is 5.26 Å². The lowest BCUT2D eigenvalue weighted by molar-refractivity contribution is -0.137. The van der Waals surface area contributed by atoms with Crippen LogP contribution < -0.4 is 10.5 Å². The number of benzene rings is 3. The molecule has 1 heterocycles. The molecule has 0 fully saturated rings. The average molecular weight is 656 g/mol. The summed E-state index contributed by atoms with van der Waals surface area (Å²) in [4.78, 5) is 12.6. The largest absolute Gasteiger partial charge is 0.418 e. The normalized spacial score (nSPS) is 11.8. The van der Waals surface area contributed by atoms with Gasteiger partial charge in [0.1, 0.15) is 17.6 Å². The minimum absolute atomic E-state index is 0.0310. The Bertz CT molecular complexity index is 1900. The number of amides is 1. The summed E-state index contributed by atoms with van der Waals surface area (Å²) in [5.74, 6) is -1.28. The third-order valence-electron chi connectivity index (χ3n) is 7.47. The summed E-state index contributed by atoms with van der Waals surface area (Å²) in [6.07, 6.45) is -1.86. The van der Waals surface area contributed by atoms with Crippen molar-refractivity contribution in [1.82, 2.24) is 15.1 Å². The van der Waals surface area contributed by atoms with Crippen molar-refractivity contribution in [3.8, 4) is 22.9 Å². The number of nitrogens with zero attached hydrogens (tertiary/aromatic N) is 3. The lowest BCUT2D eigenvalue weighted by Gasteiger charge is -2.15. The minimum atomic E-state index is -4.83. The fourth-order valence-corrected chi connectivity index (χ4v) is 5.85. The standard InChI is InChI=1S/C33H33F4N5O3S/c1-3-5-10-28-25(17-22-13-12-21(18-27(22)34)24-9-7-8-11-31(24)46(39,44)45)30(20-38)42(41-28)29-19-23(32(43)40-16-6-4-2)14-15-26(29)33(35,36)37/h7-9,11-15,18-19H,3-6,10,16-17H2,1-2H3,(H,40,43)(H2,39,44,45). The van der Waals surface area contributed by atoms with Crippen LogP contribution in [0.15, 0.2) is 65.6 Å². The molecule has 0 aliphatic carbocycles. The Labute approximate surface area is 264 Å². The van der Waals surface area contributed by atoms with E-state index in [-0.39, 0.29) is 44.8 Å². The molecule has 0 spiro atoms. The Kier molecular flexibility index (Phi) is 10.6. The molecule has 3 N–H and O–H groups in total. The van der Waals surface area contributed by atoms with Gasteiger partial charge in [0.05, 0.1) is 21.8 Å². The van der Waals surface area contributed by atoms with Gasteiger partial charge in [-0.25, -0.2) is 22.6 Å². The summed E-state index contributed by atoms with van der Waals surface area (Å²) in [5.41, 5.74) is -0.697. The van der Waals surface area contributed by atoms with Crippen LogP contribution >= 0.6 is 0 Å². The Balaban J connectivity index is 1.83. The van der Waals surface area contributed by atoms with Crippen LogP contribution in [0.2, 0.25) is 0 Å². The van der Waals surface area contributed by atoms with Crippen molar-refractivity contribution < 1.29 is 30.8 Å². The van der Waals surface area contributed by atoms with Gasteiger partial charge in [0.2, 0.25) is 10.0 Å². The van der Waals surface area contributed by atoms with Crippen LogP contribution in [0.3, 0.4) is 0 Å². The van der Waals surface area contributed by atoms with E-state index in [1.807, 2.05) is 19.9 Å². The van der Waals surface area contributed by atoms with Gasteiger partial charge in [0.25, 0.3) is 5.91 Å². The first-order chi connectivity index (χ1) is 21.8. The highest BCUT2D eigenvalue weighted by Crippen LogP contribution is 2.36. The van der Waals surface area contributed by atoms with Crippen molar-refractivity contribution in [3.05, 3.63) is 100 Å². The van der Waals surface area contributed by atoms with Crippen molar-refractivity contribution in [2.24, 2.45) is 5.14 Å². The van der Waals surface area contributed by atoms with E-state index in [2.05, 4.69) is 10.4 Å². The zero-order valence-corrected chi connectivity index (χ0v) is 26.1. The van der Waals surface area contributed by atoms with E-state index in [0.29, 0.717) is 31.5 Å². The molecule has 0 unspecified atom stereocenters. The molecule has 0 aliphatic rings. The van der Waals surface area contributed by atoms with Gasteiger partial charge in [-0.3, -0.25) is 4.79 Å². The van der Waals surface area contributed by atoms with Crippen molar-refractivity contribution in [2.45, 2.75) is 63.4 Å². The third-order valence-corrected chi connectivity index (χ3v) is 8.44. The third kappa shape index (κ3) is 7.63. The number of carbonyl (C=O) groups is 1. The first-order valence-corrected chi connectivity index (χ1v) is 16.3. The number of unbranched alkanes of at least 4 members (excludes halogenated alkanes) is 2. The molecule has 3 aromatic carbocycles. The van der Waals surface area contributed by atoms with Crippen LogP contribution in [0.4, 0.5) is 17.6 Å². The number of aryl methyl sites for hydroxylation is 1. The molecule has 8 nitrogen and oxygen atoms in total. The number of alkyl halides is 3. The van der Waals surface area contributed by atoms with Gasteiger partial charge < -0.3 is 5.32 Å². The molecule has 0 saturated heterocycles. The molecule has 4 rings (SSSR count). The summed E-state index contributed by atoms with van der Waals surface area (Å²) < 4.78 is 83.3. The van der Waals surface area contributed by atoms with Crippen LogP contribution in [0.5, 0.6) is 0 Å². The number of nitrogens with two attached hydrogens (primary N) is 1. The van der Waals surface area contributed by atoms with E-state index in [1.165, 1.54) is 30.3 Å². The van der Waals surface area contributed by atoms with Gasteiger partial charge in [-0.05, 0) is 60.7 Å². The number of halogens is 4. The van der Waals surface area contributed by atoms with E-state index in [9.17, 15) is 31.6 Å². The van der Waals surface area contributed by atoms with Gasteiger partial charge in [0, 0.05) is 29.7 Å². The average Bonchev–Trinajstić information content (AvgIpc) is 3.36. The molecule has 0 radical (unpaired) electrons. The predicted molar refractivity (Wildman–Crippen MR) is 165 cm³/mol. The number of aromatic nitrogens is 2. The van der Waals surface area contributed by atoms with Gasteiger partial charge in [-0.2, -0.15) is 23.5 Å². The van der Waals surface area contributed by atoms with Gasteiger partial charge in [-0.1, -0.05) is 57.0 Å². The number of primary sulfonamides is 1. The fraction of sp³-hybridized carbons (Fsp3) is 0.303. The molecule has 1 aromatic heterocycles. The Morgan fingerprint density at radius 3 is 2.39 bits per heavy atom. The molecule has 0 aliphatic heterocycles. The van der Waals surface area contributed by atoms with E-state index in [0.717, 1.165) is 41.8 Å².